The van der Waals surface area contributed by atoms with E-state index in [2.05, 4.69) is 12.6 Å². The van der Waals surface area contributed by atoms with Gasteiger partial charge < -0.3 is 0 Å². The summed E-state index contributed by atoms with van der Waals surface area (Å²) in [6.07, 6.45) is -2.47. The molecule has 0 nitrogen and oxygen atoms in total. The SMILES string of the molecule is CS[C@@H](S)c1cccc(C(F)(F)F)c1. The molecule has 78 valence electrons. The molecule has 0 spiro atoms. The van der Waals surface area contributed by atoms with Gasteiger partial charge in [0, 0.05) is 0 Å². The van der Waals surface area contributed by atoms with Crippen LogP contribution in [0.2, 0.25) is 0 Å². The van der Waals surface area contributed by atoms with E-state index in [-0.39, 0.29) is 4.58 Å². The van der Waals surface area contributed by atoms with Gasteiger partial charge in [0.05, 0.1) is 10.1 Å². The van der Waals surface area contributed by atoms with Crippen molar-refractivity contribution < 1.29 is 13.2 Å². The summed E-state index contributed by atoms with van der Waals surface area (Å²) in [6.45, 7) is 0. The predicted octanol–water partition coefficient (Wildman–Crippen LogP) is 4.00. The van der Waals surface area contributed by atoms with Crippen LogP contribution in [-0.2, 0) is 6.18 Å². The molecule has 1 aromatic rings. The summed E-state index contributed by atoms with van der Waals surface area (Å²) in [4.78, 5) is 0. The lowest BCUT2D eigenvalue weighted by Crippen LogP contribution is -2.05. The van der Waals surface area contributed by atoms with E-state index in [0.717, 1.165) is 12.1 Å². The van der Waals surface area contributed by atoms with E-state index in [0.29, 0.717) is 5.56 Å². The Labute approximate surface area is 90.3 Å². The number of hydrogen-bond acceptors (Lipinski definition) is 2. The number of alkyl halides is 3. The van der Waals surface area contributed by atoms with Gasteiger partial charge in [-0.2, -0.15) is 25.8 Å². The quantitative estimate of drug-likeness (QED) is 0.600. The van der Waals surface area contributed by atoms with Crippen LogP contribution in [0.4, 0.5) is 13.2 Å². The van der Waals surface area contributed by atoms with Crippen molar-refractivity contribution in [2.24, 2.45) is 0 Å². The first kappa shape index (κ1) is 11.8. The van der Waals surface area contributed by atoms with Gasteiger partial charge in [0.25, 0.3) is 0 Å². The first-order chi connectivity index (χ1) is 6.45. The molecule has 0 aliphatic rings. The molecule has 1 rings (SSSR count). The van der Waals surface area contributed by atoms with Crippen LogP contribution in [0.1, 0.15) is 15.7 Å². The number of halogens is 3. The van der Waals surface area contributed by atoms with E-state index in [1.54, 1.807) is 12.3 Å². The van der Waals surface area contributed by atoms with Gasteiger partial charge in [-0.3, -0.25) is 0 Å². The Morgan fingerprint density at radius 3 is 2.50 bits per heavy atom. The molecule has 0 saturated carbocycles. The molecule has 1 aromatic carbocycles. The van der Waals surface area contributed by atoms with Crippen LogP contribution in [0.3, 0.4) is 0 Å². The molecular formula is C9H9F3S2. The summed E-state index contributed by atoms with van der Waals surface area (Å²) < 4.78 is 36.7. The van der Waals surface area contributed by atoms with Gasteiger partial charge in [0.15, 0.2) is 0 Å². The smallest absolute Gasteiger partial charge is 0.166 e. The van der Waals surface area contributed by atoms with Crippen molar-refractivity contribution in [2.75, 3.05) is 6.26 Å². The highest BCUT2D eigenvalue weighted by molar-refractivity contribution is 8.09. The Morgan fingerprint density at radius 2 is 2.00 bits per heavy atom. The number of thiol groups is 1. The first-order valence-electron chi connectivity index (χ1n) is 3.83. The van der Waals surface area contributed by atoms with Crippen LogP contribution in [0, 0.1) is 0 Å². The summed E-state index contributed by atoms with van der Waals surface area (Å²) in [5.41, 5.74) is -0.0428. The van der Waals surface area contributed by atoms with E-state index in [9.17, 15) is 13.2 Å². The minimum Gasteiger partial charge on any atom is -0.166 e. The molecule has 14 heavy (non-hydrogen) atoms. The second-order valence-corrected chi connectivity index (χ2v) is 4.52. The van der Waals surface area contributed by atoms with E-state index in [1.807, 2.05) is 0 Å². The molecule has 1 atom stereocenters. The van der Waals surface area contributed by atoms with Gasteiger partial charge in [-0.05, 0) is 24.0 Å². The molecular weight excluding hydrogens is 229 g/mol. The second kappa shape index (κ2) is 4.49. The zero-order valence-electron chi connectivity index (χ0n) is 7.38. The molecule has 0 aliphatic heterocycles. The Kier molecular flexibility index (Phi) is 3.78. The third-order valence-corrected chi connectivity index (χ3v) is 3.37. The lowest BCUT2D eigenvalue weighted by molar-refractivity contribution is -0.137. The lowest BCUT2D eigenvalue weighted by Gasteiger charge is -2.11. The van der Waals surface area contributed by atoms with Crippen LogP contribution in [0.15, 0.2) is 24.3 Å². The third kappa shape index (κ3) is 2.85. The Morgan fingerprint density at radius 1 is 1.36 bits per heavy atom. The highest BCUT2D eigenvalue weighted by atomic mass is 32.2. The minimum atomic E-state index is -4.28. The molecule has 0 fully saturated rings. The molecule has 5 heteroatoms. The summed E-state index contributed by atoms with van der Waals surface area (Å²) in [7, 11) is 0. The average Bonchev–Trinajstić information content (AvgIpc) is 2.15. The monoisotopic (exact) mass is 238 g/mol. The van der Waals surface area contributed by atoms with E-state index in [4.69, 9.17) is 0 Å². The predicted molar refractivity (Wildman–Crippen MR) is 56.7 cm³/mol. The molecule has 0 heterocycles. The number of rotatable bonds is 2. The van der Waals surface area contributed by atoms with Gasteiger partial charge >= 0.3 is 6.18 Å². The van der Waals surface area contributed by atoms with Crippen LogP contribution < -0.4 is 0 Å². The number of thioether (sulfide) groups is 1. The maximum Gasteiger partial charge on any atom is 0.416 e. The van der Waals surface area contributed by atoms with Crippen molar-refractivity contribution >= 4 is 24.4 Å². The molecule has 0 bridgehead atoms. The molecule has 0 unspecified atom stereocenters. The zero-order valence-corrected chi connectivity index (χ0v) is 9.09. The molecule has 0 aliphatic carbocycles. The maximum absolute atomic E-state index is 12.3. The van der Waals surface area contributed by atoms with E-state index < -0.39 is 11.7 Å². The van der Waals surface area contributed by atoms with Crippen LogP contribution >= 0.6 is 24.4 Å². The fraction of sp³-hybridized carbons (Fsp3) is 0.333. The summed E-state index contributed by atoms with van der Waals surface area (Å²) in [6, 6.07) is 5.24. The number of benzene rings is 1. The molecule has 0 saturated heterocycles. The molecule has 0 aromatic heterocycles. The Hall–Kier alpha value is -0.290. The number of hydrogen-bond donors (Lipinski definition) is 1. The summed E-state index contributed by atoms with van der Waals surface area (Å²) in [5, 5.41) is 0. The Balaban J connectivity index is 3.01. The summed E-state index contributed by atoms with van der Waals surface area (Å²) in [5.74, 6) is 0. The first-order valence-corrected chi connectivity index (χ1v) is 5.63. The van der Waals surface area contributed by atoms with Gasteiger partial charge in [-0.15, -0.1) is 11.8 Å². The van der Waals surface area contributed by atoms with E-state index in [1.165, 1.54) is 17.8 Å². The van der Waals surface area contributed by atoms with Crippen molar-refractivity contribution in [2.45, 2.75) is 10.8 Å². The fourth-order valence-electron chi connectivity index (χ4n) is 1.00. The largest absolute Gasteiger partial charge is 0.416 e. The van der Waals surface area contributed by atoms with E-state index >= 15 is 0 Å². The van der Waals surface area contributed by atoms with Crippen molar-refractivity contribution in [3.63, 3.8) is 0 Å². The van der Waals surface area contributed by atoms with Gasteiger partial charge in [0.2, 0.25) is 0 Å². The van der Waals surface area contributed by atoms with Gasteiger partial charge in [-0.1, -0.05) is 12.1 Å². The molecule has 0 N–H and O–H groups in total. The van der Waals surface area contributed by atoms with Crippen molar-refractivity contribution in [3.8, 4) is 0 Å². The maximum atomic E-state index is 12.3. The zero-order chi connectivity index (χ0) is 10.8. The molecule has 0 radical (unpaired) electrons. The lowest BCUT2D eigenvalue weighted by atomic mass is 10.1. The van der Waals surface area contributed by atoms with Crippen LogP contribution in [-0.4, -0.2) is 6.26 Å². The third-order valence-electron chi connectivity index (χ3n) is 1.72. The van der Waals surface area contributed by atoms with Crippen LogP contribution in [0.25, 0.3) is 0 Å². The standard InChI is InChI=1S/C9H9F3S2/c1-14-8(13)6-3-2-4-7(5-6)9(10,11)12/h2-5,8,13H,1H3/t8-/m1/s1. The van der Waals surface area contributed by atoms with Gasteiger partial charge in [0.1, 0.15) is 0 Å². The molecule has 0 amide bonds. The van der Waals surface area contributed by atoms with Crippen molar-refractivity contribution in [3.05, 3.63) is 35.4 Å². The van der Waals surface area contributed by atoms with Gasteiger partial charge in [-0.25, -0.2) is 0 Å². The average molecular weight is 238 g/mol. The fourth-order valence-corrected chi connectivity index (χ4v) is 1.58. The van der Waals surface area contributed by atoms with Crippen LogP contribution in [0.5, 0.6) is 0 Å². The topological polar surface area (TPSA) is 0 Å². The highest BCUT2D eigenvalue weighted by Crippen LogP contribution is 2.35. The normalized spacial score (nSPS) is 14.1. The highest BCUT2D eigenvalue weighted by Gasteiger charge is 2.30. The summed E-state index contributed by atoms with van der Waals surface area (Å²) >= 11 is 5.55. The van der Waals surface area contributed by atoms with Crippen molar-refractivity contribution in [1.82, 2.24) is 0 Å². The Bertz CT molecular complexity index is 309. The van der Waals surface area contributed by atoms with Crippen molar-refractivity contribution in [1.29, 1.82) is 0 Å². The minimum absolute atomic E-state index is 0.211. The second-order valence-electron chi connectivity index (χ2n) is 2.71.